The van der Waals surface area contributed by atoms with Gasteiger partial charge in [-0.1, -0.05) is 12.1 Å². The summed E-state index contributed by atoms with van der Waals surface area (Å²) in [5, 5.41) is 36.9. The Morgan fingerprint density at radius 2 is 1.87 bits per heavy atom. The number of H-pyrrole nitrogens is 1. The summed E-state index contributed by atoms with van der Waals surface area (Å²) in [5.41, 5.74) is -1.30. The molecule has 11 nitrogen and oxygen atoms in total. The van der Waals surface area contributed by atoms with Crippen molar-refractivity contribution in [3.05, 3.63) is 68.9 Å². The van der Waals surface area contributed by atoms with Crippen LogP contribution >= 0.6 is 0 Å². The molecule has 1 amide bonds. The molecule has 1 heterocycles. The number of hydrogen-bond acceptors (Lipinski definition) is 8. The van der Waals surface area contributed by atoms with Gasteiger partial charge in [0.25, 0.3) is 11.6 Å². The maximum atomic E-state index is 12.5. The van der Waals surface area contributed by atoms with E-state index in [1.54, 1.807) is 18.2 Å². The molecule has 0 saturated carbocycles. The van der Waals surface area contributed by atoms with Gasteiger partial charge >= 0.3 is 0 Å². The quantitative estimate of drug-likeness (QED) is 0.367. The van der Waals surface area contributed by atoms with Gasteiger partial charge in [-0.15, -0.1) is 0 Å². The molecule has 0 spiro atoms. The van der Waals surface area contributed by atoms with Gasteiger partial charge in [0.1, 0.15) is 11.3 Å². The zero-order valence-corrected chi connectivity index (χ0v) is 16.1. The van der Waals surface area contributed by atoms with E-state index >= 15 is 0 Å². The fraction of sp³-hybridized carbons (Fsp3) is 0.150. The van der Waals surface area contributed by atoms with Gasteiger partial charge in [-0.25, -0.2) is 0 Å². The number of aromatic nitrogens is 1. The average molecular weight is 425 g/mol. The minimum atomic E-state index is -1.74. The molecule has 1 aromatic heterocycles. The van der Waals surface area contributed by atoms with Gasteiger partial charge in [0.05, 0.1) is 29.7 Å². The summed E-state index contributed by atoms with van der Waals surface area (Å²) in [5.74, 6) is -3.70. The molecule has 0 bridgehead atoms. The van der Waals surface area contributed by atoms with Crippen LogP contribution in [0.15, 0.2) is 36.4 Å². The number of aromatic carboxylic acids is 2. The van der Waals surface area contributed by atoms with Crippen molar-refractivity contribution in [3.8, 4) is 5.75 Å². The molecule has 2 N–H and O–H groups in total. The second-order valence-corrected chi connectivity index (χ2v) is 6.43. The monoisotopic (exact) mass is 425 g/mol. The van der Waals surface area contributed by atoms with Gasteiger partial charge in [0, 0.05) is 29.1 Å². The third-order valence-electron chi connectivity index (χ3n) is 4.66. The molecule has 3 aromatic rings. The van der Waals surface area contributed by atoms with Crippen molar-refractivity contribution >= 4 is 34.4 Å². The number of amides is 1. The summed E-state index contributed by atoms with van der Waals surface area (Å²) in [6.07, 6.45) is 0.0174. The third kappa shape index (κ3) is 4.15. The number of carbonyl (C=O) groups excluding carboxylic acids is 3. The first-order chi connectivity index (χ1) is 14.7. The number of fused-ring (bicyclic) bond motifs is 1. The smallest absolute Gasteiger partial charge is 0.282 e. The van der Waals surface area contributed by atoms with E-state index in [1.807, 2.05) is 0 Å². The maximum absolute atomic E-state index is 12.5. The highest BCUT2D eigenvalue weighted by atomic mass is 16.6. The predicted octanol–water partition coefficient (Wildman–Crippen LogP) is -0.216. The molecule has 0 atom stereocenters. The highest BCUT2D eigenvalue weighted by Crippen LogP contribution is 2.27. The van der Waals surface area contributed by atoms with Crippen molar-refractivity contribution in [3.63, 3.8) is 0 Å². The molecule has 11 heteroatoms. The molecule has 0 aliphatic heterocycles. The van der Waals surface area contributed by atoms with Gasteiger partial charge in [-0.2, -0.15) is 0 Å². The van der Waals surface area contributed by atoms with Crippen molar-refractivity contribution in [2.45, 2.75) is 6.42 Å². The number of nitrogens with zero attached hydrogens (tertiary/aromatic N) is 1. The first-order valence-corrected chi connectivity index (χ1v) is 8.91. The molecule has 3 rings (SSSR count). The first-order valence-electron chi connectivity index (χ1n) is 8.91. The SMILES string of the molecule is COc1ccc2[nH]c(C(=O)[O-])c(CCNC(=O)c3c(C(=O)[O-])cccc3[N+](=O)[O-])c2c1. The summed E-state index contributed by atoms with van der Waals surface area (Å²) >= 11 is 0. The van der Waals surface area contributed by atoms with Crippen LogP contribution in [0.25, 0.3) is 10.9 Å². The van der Waals surface area contributed by atoms with Crippen molar-refractivity contribution in [2.75, 3.05) is 13.7 Å². The lowest BCUT2D eigenvalue weighted by Gasteiger charge is -2.12. The number of nitro benzene ring substituents is 1. The van der Waals surface area contributed by atoms with Crippen molar-refractivity contribution in [2.24, 2.45) is 0 Å². The zero-order valence-electron chi connectivity index (χ0n) is 16.1. The zero-order chi connectivity index (χ0) is 22.7. The molecule has 0 radical (unpaired) electrons. The van der Waals surface area contributed by atoms with E-state index < -0.39 is 39.6 Å². The van der Waals surface area contributed by atoms with Gasteiger partial charge in [0.15, 0.2) is 0 Å². The lowest BCUT2D eigenvalue weighted by Crippen LogP contribution is -2.32. The fourth-order valence-electron chi connectivity index (χ4n) is 3.28. The number of rotatable bonds is 8. The van der Waals surface area contributed by atoms with Crippen LogP contribution in [-0.2, 0) is 6.42 Å². The minimum Gasteiger partial charge on any atom is -0.545 e. The van der Waals surface area contributed by atoms with Crippen molar-refractivity contribution in [1.82, 2.24) is 10.3 Å². The third-order valence-corrected chi connectivity index (χ3v) is 4.66. The lowest BCUT2D eigenvalue weighted by molar-refractivity contribution is -0.385. The van der Waals surface area contributed by atoms with Crippen LogP contribution in [0.1, 0.15) is 36.8 Å². The Labute approximate surface area is 174 Å². The number of nitro groups is 1. The van der Waals surface area contributed by atoms with Crippen molar-refractivity contribution in [1.29, 1.82) is 0 Å². The molecule has 0 aliphatic carbocycles. The normalized spacial score (nSPS) is 10.6. The number of carbonyl (C=O) groups is 3. The molecule has 2 aromatic carbocycles. The largest absolute Gasteiger partial charge is 0.545 e. The summed E-state index contributed by atoms with van der Waals surface area (Å²) < 4.78 is 5.15. The number of carboxylic acid groups (broad SMARTS) is 2. The van der Waals surface area contributed by atoms with Crippen molar-refractivity contribution < 1.29 is 34.3 Å². The number of methoxy groups -OCH3 is 1. The number of ether oxygens (including phenoxy) is 1. The van der Waals surface area contributed by atoms with Crippen LogP contribution in [0.3, 0.4) is 0 Å². The number of aromatic amines is 1. The molecular weight excluding hydrogens is 410 g/mol. The first kappa shape index (κ1) is 21.3. The molecule has 0 saturated heterocycles. The number of benzene rings is 2. The molecule has 0 unspecified atom stereocenters. The predicted molar refractivity (Wildman–Crippen MR) is 103 cm³/mol. The van der Waals surface area contributed by atoms with E-state index in [-0.39, 0.29) is 18.7 Å². The van der Waals surface area contributed by atoms with Crippen LogP contribution in [0.2, 0.25) is 0 Å². The molecule has 160 valence electrons. The highest BCUT2D eigenvalue weighted by molar-refractivity contribution is 6.07. The summed E-state index contributed by atoms with van der Waals surface area (Å²) in [7, 11) is 1.45. The van der Waals surface area contributed by atoms with Crippen LogP contribution < -0.4 is 20.3 Å². The Bertz CT molecular complexity index is 1180. The Balaban J connectivity index is 1.89. The summed E-state index contributed by atoms with van der Waals surface area (Å²) in [6.45, 7) is -0.137. The minimum absolute atomic E-state index is 0.0174. The van der Waals surface area contributed by atoms with Crippen LogP contribution in [0.4, 0.5) is 5.69 Å². The second kappa shape index (κ2) is 8.53. The Hall–Kier alpha value is -4.41. The van der Waals surface area contributed by atoms with Gasteiger partial charge in [0.2, 0.25) is 0 Å². The molecular formula is C20H15N3O8-2. The maximum Gasteiger partial charge on any atom is 0.282 e. The Kier molecular flexibility index (Phi) is 5.86. The summed E-state index contributed by atoms with van der Waals surface area (Å²) in [4.78, 5) is 48.4. The topological polar surface area (TPSA) is 178 Å². The van der Waals surface area contributed by atoms with E-state index in [0.29, 0.717) is 22.2 Å². The number of carboxylic acids is 2. The highest BCUT2D eigenvalue weighted by Gasteiger charge is 2.24. The van der Waals surface area contributed by atoms with E-state index in [1.165, 1.54) is 7.11 Å². The molecule has 0 aliphatic rings. The van der Waals surface area contributed by atoms with Crippen LogP contribution in [0, 0.1) is 10.1 Å². The fourth-order valence-corrected chi connectivity index (χ4v) is 3.28. The standard InChI is InChI=1S/C20H17N3O8/c1-31-10-5-6-14-13(9-10)11(17(22-14)20(27)28)7-8-21-18(24)16-12(19(25)26)3-2-4-15(16)23(29)30/h2-6,9,22H,7-8H2,1H3,(H,21,24)(H,25,26)(H,27,28)/p-2. The molecule has 31 heavy (non-hydrogen) atoms. The van der Waals surface area contributed by atoms with E-state index in [0.717, 1.165) is 18.2 Å². The van der Waals surface area contributed by atoms with Gasteiger partial charge < -0.3 is 34.8 Å². The van der Waals surface area contributed by atoms with Gasteiger partial charge in [-0.05, 0) is 30.2 Å². The van der Waals surface area contributed by atoms with E-state index in [2.05, 4.69) is 10.3 Å². The van der Waals surface area contributed by atoms with Gasteiger partial charge in [-0.3, -0.25) is 14.9 Å². The number of hydrogen-bond donors (Lipinski definition) is 2. The Morgan fingerprint density at radius 3 is 2.48 bits per heavy atom. The second-order valence-electron chi connectivity index (χ2n) is 6.43. The lowest BCUT2D eigenvalue weighted by atomic mass is 10.0. The van der Waals surface area contributed by atoms with Crippen LogP contribution in [-0.4, -0.2) is 41.4 Å². The Morgan fingerprint density at radius 1 is 1.13 bits per heavy atom. The van der Waals surface area contributed by atoms with Crippen LogP contribution in [0.5, 0.6) is 5.75 Å². The van der Waals surface area contributed by atoms with E-state index in [4.69, 9.17) is 4.74 Å². The van der Waals surface area contributed by atoms with E-state index in [9.17, 15) is 34.7 Å². The molecule has 0 fully saturated rings. The summed E-state index contributed by atoms with van der Waals surface area (Å²) in [6, 6.07) is 8.04. The average Bonchev–Trinajstić information content (AvgIpc) is 3.11. The number of nitrogens with one attached hydrogen (secondary N) is 2.